The van der Waals surface area contributed by atoms with Crippen LogP contribution in [-0.4, -0.2) is 18.9 Å². The molecule has 0 bridgehead atoms. The monoisotopic (exact) mass is 322 g/mol. The van der Waals surface area contributed by atoms with Gasteiger partial charge in [-0.15, -0.1) is 0 Å². The minimum atomic E-state index is -0.495. The molecule has 0 aliphatic carbocycles. The molecule has 0 saturated carbocycles. The van der Waals surface area contributed by atoms with Crippen molar-refractivity contribution in [2.24, 2.45) is 0 Å². The normalized spacial score (nSPS) is 11.6. The van der Waals surface area contributed by atoms with E-state index in [4.69, 9.17) is 4.74 Å². The molecule has 0 atom stereocenters. The number of rotatable bonds is 7. The van der Waals surface area contributed by atoms with Crippen molar-refractivity contribution in [3.05, 3.63) is 71.8 Å². The summed E-state index contributed by atoms with van der Waals surface area (Å²) in [7, 11) is 1.34. The average Bonchev–Trinajstić information content (AvgIpc) is 2.64. The second kappa shape index (κ2) is 8.82. The second-order valence-corrected chi connectivity index (χ2v) is 5.50. The van der Waals surface area contributed by atoms with Gasteiger partial charge in [-0.1, -0.05) is 74.0 Å². The Kier molecular flexibility index (Phi) is 6.50. The van der Waals surface area contributed by atoms with E-state index >= 15 is 0 Å². The number of hydrogen-bond acceptors (Lipinski definition) is 3. The predicted molar refractivity (Wildman–Crippen MR) is 96.2 cm³/mol. The average molecular weight is 322 g/mol. The van der Waals surface area contributed by atoms with Gasteiger partial charge in [-0.05, 0) is 17.5 Å². The Morgan fingerprint density at radius 3 is 1.79 bits per heavy atom. The standard InChI is InChI=1S/C21H22O3/c1-3-4-15-18(22)19(16-11-7-5-8-12-16)20(21(23)24-2)17-13-9-6-10-14-17/h5-14H,3-4,15H2,1-2H3/b20-19-. The number of unbranched alkanes of at least 4 members (excludes halogenated alkanes) is 1. The topological polar surface area (TPSA) is 43.4 Å². The highest BCUT2D eigenvalue weighted by Crippen LogP contribution is 2.29. The third-order valence-corrected chi connectivity index (χ3v) is 3.80. The van der Waals surface area contributed by atoms with Crippen molar-refractivity contribution in [3.63, 3.8) is 0 Å². The smallest absolute Gasteiger partial charge is 0.339 e. The maximum Gasteiger partial charge on any atom is 0.339 e. The van der Waals surface area contributed by atoms with Crippen LogP contribution in [0.2, 0.25) is 0 Å². The van der Waals surface area contributed by atoms with Gasteiger partial charge in [0.1, 0.15) is 0 Å². The Morgan fingerprint density at radius 2 is 1.33 bits per heavy atom. The number of ketones is 1. The number of esters is 1. The predicted octanol–water partition coefficient (Wildman–Crippen LogP) is 4.53. The van der Waals surface area contributed by atoms with Crippen molar-refractivity contribution < 1.29 is 14.3 Å². The van der Waals surface area contributed by atoms with Crippen molar-refractivity contribution in [2.45, 2.75) is 26.2 Å². The fraction of sp³-hybridized carbons (Fsp3) is 0.238. The number of carbonyl (C=O) groups excluding carboxylic acids is 2. The summed E-state index contributed by atoms with van der Waals surface area (Å²) in [6, 6.07) is 18.5. The maximum absolute atomic E-state index is 12.9. The number of ether oxygens (including phenoxy) is 1. The molecule has 0 spiro atoms. The van der Waals surface area contributed by atoms with Crippen LogP contribution in [-0.2, 0) is 14.3 Å². The van der Waals surface area contributed by atoms with Crippen molar-refractivity contribution in [1.29, 1.82) is 0 Å². The molecule has 0 unspecified atom stereocenters. The summed E-state index contributed by atoms with van der Waals surface area (Å²) in [6.07, 6.45) is 2.12. The molecule has 124 valence electrons. The highest BCUT2D eigenvalue weighted by molar-refractivity contribution is 6.39. The maximum atomic E-state index is 12.9. The zero-order chi connectivity index (χ0) is 17.4. The Hall–Kier alpha value is -2.68. The van der Waals surface area contributed by atoms with Crippen LogP contribution >= 0.6 is 0 Å². The molecule has 0 aliphatic rings. The van der Waals surface area contributed by atoms with E-state index in [0.29, 0.717) is 23.1 Å². The molecule has 0 amide bonds. The largest absolute Gasteiger partial charge is 0.465 e. The first-order valence-electron chi connectivity index (χ1n) is 8.15. The molecular formula is C21H22O3. The van der Waals surface area contributed by atoms with E-state index in [9.17, 15) is 9.59 Å². The molecule has 0 N–H and O–H groups in total. The zero-order valence-corrected chi connectivity index (χ0v) is 14.1. The van der Waals surface area contributed by atoms with Crippen LogP contribution in [0.1, 0.15) is 37.3 Å². The van der Waals surface area contributed by atoms with Gasteiger partial charge >= 0.3 is 5.97 Å². The first-order valence-corrected chi connectivity index (χ1v) is 8.15. The molecule has 2 aromatic rings. The van der Waals surface area contributed by atoms with Crippen LogP contribution in [0, 0.1) is 0 Å². The molecule has 0 fully saturated rings. The first kappa shape index (κ1) is 17.7. The Morgan fingerprint density at radius 1 is 0.833 bits per heavy atom. The van der Waals surface area contributed by atoms with E-state index in [0.717, 1.165) is 18.4 Å². The first-order chi connectivity index (χ1) is 11.7. The molecule has 0 radical (unpaired) electrons. The third kappa shape index (κ3) is 4.19. The molecule has 3 heteroatoms. The second-order valence-electron chi connectivity index (χ2n) is 5.50. The van der Waals surface area contributed by atoms with Gasteiger partial charge in [-0.3, -0.25) is 4.79 Å². The quantitative estimate of drug-likeness (QED) is 0.427. The lowest BCUT2D eigenvalue weighted by Crippen LogP contribution is -2.12. The van der Waals surface area contributed by atoms with Crippen LogP contribution in [0.25, 0.3) is 11.1 Å². The van der Waals surface area contributed by atoms with E-state index in [1.165, 1.54) is 7.11 Å². The van der Waals surface area contributed by atoms with Gasteiger partial charge in [0.05, 0.1) is 12.7 Å². The lowest BCUT2D eigenvalue weighted by Gasteiger charge is -2.14. The van der Waals surface area contributed by atoms with Gasteiger partial charge in [-0.25, -0.2) is 4.79 Å². The number of methoxy groups -OCH3 is 1. The SMILES string of the molecule is CCCCC(=O)/C(=C(\C(=O)OC)c1ccccc1)c1ccccc1. The highest BCUT2D eigenvalue weighted by atomic mass is 16.5. The summed E-state index contributed by atoms with van der Waals surface area (Å²) in [5.74, 6) is -0.530. The van der Waals surface area contributed by atoms with Gasteiger partial charge in [0.2, 0.25) is 0 Å². The molecule has 24 heavy (non-hydrogen) atoms. The highest BCUT2D eigenvalue weighted by Gasteiger charge is 2.24. The van der Waals surface area contributed by atoms with Crippen LogP contribution in [0.15, 0.2) is 60.7 Å². The van der Waals surface area contributed by atoms with E-state index in [2.05, 4.69) is 0 Å². The molecule has 0 saturated heterocycles. The van der Waals surface area contributed by atoms with Gasteiger partial charge in [-0.2, -0.15) is 0 Å². The minimum absolute atomic E-state index is 0.0349. The molecule has 2 aromatic carbocycles. The summed E-state index contributed by atoms with van der Waals surface area (Å²) in [4.78, 5) is 25.3. The molecular weight excluding hydrogens is 300 g/mol. The number of carbonyl (C=O) groups is 2. The number of benzene rings is 2. The summed E-state index contributed by atoms with van der Waals surface area (Å²) < 4.78 is 4.97. The third-order valence-electron chi connectivity index (χ3n) is 3.80. The number of Topliss-reactive ketones (excluding diaryl/α,β-unsaturated/α-hetero) is 1. The summed E-state index contributed by atoms with van der Waals surface area (Å²) in [5.41, 5.74) is 2.18. The lowest BCUT2D eigenvalue weighted by atomic mass is 9.90. The lowest BCUT2D eigenvalue weighted by molar-refractivity contribution is -0.133. The van der Waals surface area contributed by atoms with Gasteiger partial charge in [0.15, 0.2) is 5.78 Å². The molecule has 0 heterocycles. The van der Waals surface area contributed by atoms with Gasteiger partial charge < -0.3 is 4.74 Å². The van der Waals surface area contributed by atoms with Crippen LogP contribution in [0.4, 0.5) is 0 Å². The fourth-order valence-electron chi connectivity index (χ4n) is 2.58. The molecule has 0 aromatic heterocycles. The fourth-order valence-corrected chi connectivity index (χ4v) is 2.58. The number of allylic oxidation sites excluding steroid dienone is 1. The molecule has 2 rings (SSSR count). The molecule has 3 nitrogen and oxygen atoms in total. The zero-order valence-electron chi connectivity index (χ0n) is 14.1. The van der Waals surface area contributed by atoms with Crippen LogP contribution in [0.3, 0.4) is 0 Å². The summed E-state index contributed by atoms with van der Waals surface area (Å²) in [6.45, 7) is 2.04. The van der Waals surface area contributed by atoms with Gasteiger partial charge in [0, 0.05) is 12.0 Å². The molecule has 0 aliphatic heterocycles. The van der Waals surface area contributed by atoms with E-state index in [-0.39, 0.29) is 5.78 Å². The Bertz CT molecular complexity index is 715. The summed E-state index contributed by atoms with van der Waals surface area (Å²) in [5, 5.41) is 0. The van der Waals surface area contributed by atoms with Crippen LogP contribution < -0.4 is 0 Å². The van der Waals surface area contributed by atoms with Crippen molar-refractivity contribution >= 4 is 22.9 Å². The van der Waals surface area contributed by atoms with Crippen molar-refractivity contribution in [2.75, 3.05) is 7.11 Å². The Labute approximate surface area is 143 Å². The van der Waals surface area contributed by atoms with E-state index in [1.807, 2.05) is 67.6 Å². The van der Waals surface area contributed by atoms with E-state index in [1.54, 1.807) is 0 Å². The van der Waals surface area contributed by atoms with Gasteiger partial charge in [0.25, 0.3) is 0 Å². The van der Waals surface area contributed by atoms with Crippen LogP contribution in [0.5, 0.6) is 0 Å². The Balaban J connectivity index is 2.68. The van der Waals surface area contributed by atoms with Crippen molar-refractivity contribution in [3.8, 4) is 0 Å². The summed E-state index contributed by atoms with van der Waals surface area (Å²) >= 11 is 0. The van der Waals surface area contributed by atoms with E-state index < -0.39 is 5.97 Å². The number of hydrogen-bond donors (Lipinski definition) is 0. The minimum Gasteiger partial charge on any atom is -0.465 e. The van der Waals surface area contributed by atoms with Crippen molar-refractivity contribution in [1.82, 2.24) is 0 Å².